The molecule has 2 atom stereocenters. The number of nitrogens with zero attached hydrogens (tertiary/aromatic N) is 3. The van der Waals surface area contributed by atoms with Gasteiger partial charge in [0.15, 0.2) is 0 Å². The van der Waals surface area contributed by atoms with Crippen molar-refractivity contribution in [2.24, 2.45) is 23.2 Å². The molecule has 0 radical (unpaired) electrons. The number of aryl methyl sites for hydroxylation is 2. The van der Waals surface area contributed by atoms with Crippen molar-refractivity contribution in [1.29, 1.82) is 0 Å². The Labute approximate surface area is 285 Å². The number of rotatable bonds is 7. The van der Waals surface area contributed by atoms with Gasteiger partial charge < -0.3 is 14.4 Å². The fourth-order valence-electron chi connectivity index (χ4n) is 8.28. The second kappa shape index (κ2) is 13.8. The van der Waals surface area contributed by atoms with Crippen LogP contribution in [0, 0.1) is 37.0 Å². The summed E-state index contributed by atoms with van der Waals surface area (Å²) >= 11 is 0. The monoisotopic (exact) mass is 674 g/mol. The zero-order valence-corrected chi connectivity index (χ0v) is 30.0. The fourth-order valence-corrected chi connectivity index (χ4v) is 9.28. The average molecular weight is 675 g/mol. The lowest BCUT2D eigenvalue weighted by atomic mass is 9.52. The summed E-state index contributed by atoms with van der Waals surface area (Å²) < 4.78 is 42.4. The molecule has 1 amide bonds. The highest BCUT2D eigenvalue weighted by Gasteiger charge is 2.50. The summed E-state index contributed by atoms with van der Waals surface area (Å²) in [6, 6.07) is 15.3. The predicted octanol–water partition coefficient (Wildman–Crippen LogP) is 7.14. The molecular formula is C38H50N4O5S. The third-order valence-electron chi connectivity index (χ3n) is 10.6. The minimum atomic E-state index is -3.97. The second-order valence-electron chi connectivity index (χ2n) is 15.0. The number of anilines is 1. The quantitative estimate of drug-likeness (QED) is 0.284. The highest BCUT2D eigenvalue weighted by molar-refractivity contribution is 7.92. The highest BCUT2D eigenvalue weighted by Crippen LogP contribution is 2.59. The van der Waals surface area contributed by atoms with Gasteiger partial charge in [0.1, 0.15) is 6.61 Å². The number of amides is 1. The summed E-state index contributed by atoms with van der Waals surface area (Å²) in [6.45, 7) is 14.5. The Morgan fingerprint density at radius 3 is 2.38 bits per heavy atom. The number of sulfonamides is 1. The van der Waals surface area contributed by atoms with Crippen molar-refractivity contribution >= 4 is 21.9 Å². The molecular weight excluding hydrogens is 625 g/mol. The van der Waals surface area contributed by atoms with Crippen LogP contribution < -0.4 is 9.46 Å². The number of nitrogens with one attached hydrogen (secondary N) is 1. The normalized spacial score (nSPS) is 22.0. The van der Waals surface area contributed by atoms with E-state index in [-0.39, 0.29) is 46.7 Å². The van der Waals surface area contributed by atoms with Crippen molar-refractivity contribution in [3.63, 3.8) is 0 Å². The third-order valence-corrected chi connectivity index (χ3v) is 11.9. The van der Waals surface area contributed by atoms with Crippen LogP contribution in [0.3, 0.4) is 0 Å². The molecule has 1 saturated heterocycles. The molecule has 4 bridgehead atoms. The van der Waals surface area contributed by atoms with Crippen LogP contribution in [0.4, 0.5) is 5.95 Å². The van der Waals surface area contributed by atoms with Gasteiger partial charge in [0.2, 0.25) is 17.7 Å². The summed E-state index contributed by atoms with van der Waals surface area (Å²) in [6.07, 6.45) is 5.05. The van der Waals surface area contributed by atoms with Crippen LogP contribution in [0.5, 0.6) is 5.88 Å². The standard InChI is InChI=1S/C38H50N4O5S/c1-24(2)17-29-22-47-33-19-32(35-26(5)9-7-10-27(35)6)39-37(40-33)41-48(44,45)31-12-8-11-28(18-31)36(29)30-20-38(21-30)13-15-42(16-14-38)34(43)23-46-25(3)4/h7-12,18-19,24-25,29-30,36H,13-17,20-23H2,1-6H3,(H,39,40,41)/t29-,36?/m1/s1. The number of likely N-dealkylation sites (tertiary alicyclic amines) is 1. The van der Waals surface area contributed by atoms with E-state index in [0.29, 0.717) is 30.0 Å². The van der Waals surface area contributed by atoms with Gasteiger partial charge in [-0.3, -0.25) is 4.79 Å². The SMILES string of the molecule is Cc1cccc(C)c1-c1cc2nc(n1)NS(=O)(=O)c1cccc(c1)C(C1CC3(CCN(C(=O)COC(C)C)CC3)C1)[C@H](CC(C)C)CO2. The number of benzene rings is 2. The molecule has 1 aromatic heterocycles. The van der Waals surface area contributed by atoms with E-state index < -0.39 is 10.0 Å². The zero-order chi connectivity index (χ0) is 34.2. The first-order chi connectivity index (χ1) is 22.8. The van der Waals surface area contributed by atoms with Gasteiger partial charge >= 0.3 is 0 Å². The number of aromatic nitrogens is 2. The van der Waals surface area contributed by atoms with Crippen molar-refractivity contribution in [3.05, 3.63) is 65.2 Å². The molecule has 1 aliphatic carbocycles. The summed E-state index contributed by atoms with van der Waals surface area (Å²) in [5.74, 6) is 1.49. The van der Waals surface area contributed by atoms with Crippen LogP contribution in [-0.2, 0) is 19.6 Å². The predicted molar refractivity (Wildman–Crippen MR) is 187 cm³/mol. The molecule has 3 heterocycles. The lowest BCUT2D eigenvalue weighted by molar-refractivity contribution is -0.142. The Balaban J connectivity index is 1.31. The minimum absolute atomic E-state index is 0.00499. The first kappa shape index (κ1) is 34.4. The van der Waals surface area contributed by atoms with Crippen molar-refractivity contribution in [1.82, 2.24) is 14.9 Å². The molecule has 3 aliphatic rings. The molecule has 1 spiro atoms. The van der Waals surface area contributed by atoms with Crippen LogP contribution in [0.1, 0.15) is 82.4 Å². The molecule has 6 rings (SSSR count). The number of hydrogen-bond acceptors (Lipinski definition) is 7. The first-order valence-corrected chi connectivity index (χ1v) is 18.9. The largest absolute Gasteiger partial charge is 0.477 e. The van der Waals surface area contributed by atoms with Crippen LogP contribution in [0.25, 0.3) is 11.3 Å². The van der Waals surface area contributed by atoms with Gasteiger partial charge in [-0.15, -0.1) is 0 Å². The number of carbonyl (C=O) groups is 1. The molecule has 1 N–H and O–H groups in total. The van der Waals surface area contributed by atoms with Crippen LogP contribution in [0.2, 0.25) is 0 Å². The fraction of sp³-hybridized carbons (Fsp3) is 0.553. The average Bonchev–Trinajstić information content (AvgIpc) is 3.01. The molecule has 2 aliphatic heterocycles. The summed E-state index contributed by atoms with van der Waals surface area (Å²) in [5, 5.41) is 0. The Bertz CT molecular complexity index is 1720. The van der Waals surface area contributed by atoms with E-state index in [4.69, 9.17) is 9.47 Å². The lowest BCUT2D eigenvalue weighted by Gasteiger charge is -2.55. The molecule has 1 saturated carbocycles. The molecule has 9 nitrogen and oxygen atoms in total. The van der Waals surface area contributed by atoms with Gasteiger partial charge in [-0.2, -0.15) is 4.98 Å². The van der Waals surface area contributed by atoms with E-state index in [0.717, 1.165) is 67.4 Å². The van der Waals surface area contributed by atoms with E-state index in [9.17, 15) is 13.2 Å². The lowest BCUT2D eigenvalue weighted by Crippen LogP contribution is -2.51. The van der Waals surface area contributed by atoms with Crippen molar-refractivity contribution in [2.75, 3.05) is 31.0 Å². The second-order valence-corrected chi connectivity index (χ2v) is 16.7. The van der Waals surface area contributed by atoms with Gasteiger partial charge in [0.25, 0.3) is 10.0 Å². The van der Waals surface area contributed by atoms with E-state index in [2.05, 4.69) is 34.6 Å². The topological polar surface area (TPSA) is 111 Å². The van der Waals surface area contributed by atoms with Gasteiger partial charge in [-0.05, 0) is 112 Å². The number of fused-ring (bicyclic) bond motifs is 4. The Morgan fingerprint density at radius 1 is 1.02 bits per heavy atom. The van der Waals surface area contributed by atoms with Crippen molar-refractivity contribution in [2.45, 2.75) is 90.6 Å². The van der Waals surface area contributed by atoms with Gasteiger partial charge in [-0.1, -0.05) is 44.2 Å². The van der Waals surface area contributed by atoms with Crippen molar-refractivity contribution in [3.8, 4) is 17.1 Å². The van der Waals surface area contributed by atoms with Crippen LogP contribution in [-0.4, -0.2) is 61.6 Å². The number of ether oxygens (including phenoxy) is 2. The molecule has 3 aromatic rings. The Hall–Kier alpha value is -3.50. The summed E-state index contributed by atoms with van der Waals surface area (Å²) in [7, 11) is -3.97. The zero-order valence-electron chi connectivity index (χ0n) is 29.2. The summed E-state index contributed by atoms with van der Waals surface area (Å²) in [5.41, 5.74) is 4.89. The Morgan fingerprint density at radius 2 is 1.71 bits per heavy atom. The maximum absolute atomic E-state index is 13.8. The molecule has 48 heavy (non-hydrogen) atoms. The van der Waals surface area contributed by atoms with Gasteiger partial charge in [0, 0.05) is 30.6 Å². The van der Waals surface area contributed by atoms with E-state index in [1.54, 1.807) is 6.07 Å². The van der Waals surface area contributed by atoms with Crippen LogP contribution >= 0.6 is 0 Å². The number of hydrogen-bond donors (Lipinski definition) is 1. The maximum atomic E-state index is 13.8. The molecule has 2 fully saturated rings. The third kappa shape index (κ3) is 7.39. The van der Waals surface area contributed by atoms with Crippen LogP contribution in [0.15, 0.2) is 53.4 Å². The number of carbonyl (C=O) groups excluding carboxylic acids is 1. The van der Waals surface area contributed by atoms with E-state index in [1.807, 2.05) is 69.0 Å². The summed E-state index contributed by atoms with van der Waals surface area (Å²) in [4.78, 5) is 24.1. The number of piperidine rings is 1. The van der Waals surface area contributed by atoms with Gasteiger partial charge in [-0.25, -0.2) is 18.1 Å². The Kier molecular flexibility index (Phi) is 9.87. The highest BCUT2D eigenvalue weighted by atomic mass is 32.2. The van der Waals surface area contributed by atoms with E-state index in [1.165, 1.54) is 0 Å². The first-order valence-electron chi connectivity index (χ1n) is 17.4. The molecule has 10 heteroatoms. The molecule has 2 aromatic carbocycles. The van der Waals surface area contributed by atoms with Crippen molar-refractivity contribution < 1.29 is 22.7 Å². The van der Waals surface area contributed by atoms with E-state index >= 15 is 0 Å². The minimum Gasteiger partial charge on any atom is -0.477 e. The maximum Gasteiger partial charge on any atom is 0.264 e. The smallest absolute Gasteiger partial charge is 0.264 e. The molecule has 1 unspecified atom stereocenters. The van der Waals surface area contributed by atoms with Gasteiger partial charge in [0.05, 0.1) is 23.3 Å². The molecule has 258 valence electrons.